The van der Waals surface area contributed by atoms with Crippen molar-refractivity contribution in [2.45, 2.75) is 11.7 Å². The molecule has 0 saturated carbocycles. The second kappa shape index (κ2) is 5.12. The van der Waals surface area contributed by atoms with Crippen molar-refractivity contribution in [1.82, 2.24) is 10.2 Å². The predicted molar refractivity (Wildman–Crippen MR) is 52.5 cm³/mol. The first-order chi connectivity index (χ1) is 7.87. The third-order valence-electron chi connectivity index (χ3n) is 1.95. The normalized spacial score (nSPS) is 12.8. The smallest absolute Gasteiger partial charge is 0.394 e. The SMILES string of the molecule is OCC(CO)(CO)Nc1nnc(C(F)(F)F)s1. The molecule has 0 aromatic carbocycles. The van der Waals surface area contributed by atoms with Crippen molar-refractivity contribution in [1.29, 1.82) is 0 Å². The van der Waals surface area contributed by atoms with Gasteiger partial charge in [-0.25, -0.2) is 0 Å². The van der Waals surface area contributed by atoms with E-state index in [1.54, 1.807) is 0 Å². The number of rotatable bonds is 5. The van der Waals surface area contributed by atoms with Crippen LogP contribution in [0, 0.1) is 0 Å². The van der Waals surface area contributed by atoms with Crippen molar-refractivity contribution in [2.75, 3.05) is 25.1 Å². The molecule has 1 rings (SSSR count). The Bertz CT molecular complexity index is 358. The van der Waals surface area contributed by atoms with Crippen LogP contribution in [0.15, 0.2) is 0 Å². The van der Waals surface area contributed by atoms with E-state index < -0.39 is 36.5 Å². The van der Waals surface area contributed by atoms with Crippen LogP contribution in [0.4, 0.5) is 18.3 Å². The van der Waals surface area contributed by atoms with E-state index >= 15 is 0 Å². The highest BCUT2D eigenvalue weighted by atomic mass is 32.1. The Morgan fingerprint density at radius 1 is 1.06 bits per heavy atom. The molecule has 0 bridgehead atoms. The summed E-state index contributed by atoms with van der Waals surface area (Å²) in [5, 5.41) is 33.9. The number of aliphatic hydroxyl groups excluding tert-OH is 3. The molecular formula is C7H10F3N3O3S. The third kappa shape index (κ3) is 3.25. The minimum Gasteiger partial charge on any atom is -0.394 e. The van der Waals surface area contributed by atoms with Gasteiger partial charge in [-0.15, -0.1) is 10.2 Å². The molecule has 6 nitrogen and oxygen atoms in total. The molecular weight excluding hydrogens is 263 g/mol. The first kappa shape index (κ1) is 14.1. The van der Waals surface area contributed by atoms with Gasteiger partial charge in [0.05, 0.1) is 19.8 Å². The molecule has 0 aliphatic carbocycles. The Morgan fingerprint density at radius 2 is 1.59 bits per heavy atom. The van der Waals surface area contributed by atoms with Gasteiger partial charge in [-0.3, -0.25) is 0 Å². The number of nitrogens with zero attached hydrogens (tertiary/aromatic N) is 2. The quantitative estimate of drug-likeness (QED) is 0.587. The summed E-state index contributed by atoms with van der Waals surface area (Å²) in [7, 11) is 0. The van der Waals surface area contributed by atoms with Gasteiger partial charge in [-0.05, 0) is 0 Å². The fourth-order valence-electron chi connectivity index (χ4n) is 0.884. The number of halogens is 3. The van der Waals surface area contributed by atoms with Crippen molar-refractivity contribution in [3.8, 4) is 0 Å². The van der Waals surface area contributed by atoms with E-state index in [2.05, 4.69) is 15.5 Å². The van der Waals surface area contributed by atoms with Gasteiger partial charge in [0, 0.05) is 0 Å². The van der Waals surface area contributed by atoms with E-state index in [9.17, 15) is 13.2 Å². The average Bonchev–Trinajstić information content (AvgIpc) is 2.74. The summed E-state index contributed by atoms with van der Waals surface area (Å²) in [5.74, 6) is 0. The summed E-state index contributed by atoms with van der Waals surface area (Å²) in [6.45, 7) is -2.00. The van der Waals surface area contributed by atoms with Gasteiger partial charge >= 0.3 is 6.18 Å². The second-order valence-electron chi connectivity index (χ2n) is 3.29. The Kier molecular flexibility index (Phi) is 4.25. The maximum atomic E-state index is 12.2. The van der Waals surface area contributed by atoms with Crippen molar-refractivity contribution < 1.29 is 28.5 Å². The first-order valence-corrected chi connectivity index (χ1v) is 5.20. The van der Waals surface area contributed by atoms with Crippen LogP contribution in [0.2, 0.25) is 0 Å². The molecule has 17 heavy (non-hydrogen) atoms. The van der Waals surface area contributed by atoms with E-state index in [-0.39, 0.29) is 16.5 Å². The van der Waals surface area contributed by atoms with Crippen molar-refractivity contribution in [3.05, 3.63) is 5.01 Å². The standard InChI is InChI=1S/C7H10F3N3O3S/c8-7(9,10)4-12-13-5(17-4)11-6(1-14,2-15)3-16/h14-16H,1-3H2,(H,11,13). The predicted octanol–water partition coefficient (Wildman–Crippen LogP) is -0.316. The maximum absolute atomic E-state index is 12.2. The molecule has 1 aromatic rings. The Balaban J connectivity index is 2.85. The van der Waals surface area contributed by atoms with Crippen LogP contribution >= 0.6 is 11.3 Å². The Labute approximate surface area is 97.7 Å². The molecule has 0 atom stereocenters. The van der Waals surface area contributed by atoms with Gasteiger partial charge in [0.25, 0.3) is 0 Å². The van der Waals surface area contributed by atoms with Crippen LogP contribution in [0.5, 0.6) is 0 Å². The van der Waals surface area contributed by atoms with Gasteiger partial charge < -0.3 is 20.6 Å². The highest BCUT2D eigenvalue weighted by Crippen LogP contribution is 2.33. The molecule has 0 fully saturated rings. The lowest BCUT2D eigenvalue weighted by atomic mass is 10.0. The van der Waals surface area contributed by atoms with Gasteiger partial charge in [-0.2, -0.15) is 13.2 Å². The molecule has 1 heterocycles. The van der Waals surface area contributed by atoms with Crippen LogP contribution in [0.1, 0.15) is 5.01 Å². The number of anilines is 1. The maximum Gasteiger partial charge on any atom is 0.445 e. The number of aromatic nitrogens is 2. The lowest BCUT2D eigenvalue weighted by Gasteiger charge is -2.27. The zero-order valence-electron chi connectivity index (χ0n) is 8.40. The summed E-state index contributed by atoms with van der Waals surface area (Å²) in [4.78, 5) is 0. The fourth-order valence-corrected chi connectivity index (χ4v) is 1.61. The topological polar surface area (TPSA) is 98.5 Å². The van der Waals surface area contributed by atoms with E-state index in [0.29, 0.717) is 0 Å². The Hall–Kier alpha value is -0.970. The Morgan fingerprint density at radius 3 is 1.94 bits per heavy atom. The fraction of sp³-hybridized carbons (Fsp3) is 0.714. The van der Waals surface area contributed by atoms with Crippen molar-refractivity contribution in [2.24, 2.45) is 0 Å². The van der Waals surface area contributed by atoms with Crippen molar-refractivity contribution in [3.63, 3.8) is 0 Å². The number of hydrogen-bond donors (Lipinski definition) is 4. The second-order valence-corrected chi connectivity index (χ2v) is 4.27. The molecule has 98 valence electrons. The monoisotopic (exact) mass is 273 g/mol. The minimum absolute atomic E-state index is 0.221. The molecule has 0 saturated heterocycles. The van der Waals surface area contributed by atoms with E-state index in [4.69, 9.17) is 15.3 Å². The summed E-state index contributed by atoms with van der Waals surface area (Å²) in [5.41, 5.74) is -1.53. The molecule has 0 aliphatic rings. The van der Waals surface area contributed by atoms with Gasteiger partial charge in [0.15, 0.2) is 0 Å². The summed E-state index contributed by atoms with van der Waals surface area (Å²) in [6.07, 6.45) is -4.60. The molecule has 0 radical (unpaired) electrons. The lowest BCUT2D eigenvalue weighted by Crippen LogP contribution is -2.49. The largest absolute Gasteiger partial charge is 0.445 e. The molecule has 10 heteroatoms. The zero-order valence-corrected chi connectivity index (χ0v) is 9.22. The third-order valence-corrected chi connectivity index (χ3v) is 2.83. The zero-order chi connectivity index (χ0) is 13.1. The highest BCUT2D eigenvalue weighted by molar-refractivity contribution is 7.15. The van der Waals surface area contributed by atoms with E-state index in [1.165, 1.54) is 0 Å². The van der Waals surface area contributed by atoms with Crippen molar-refractivity contribution >= 4 is 16.5 Å². The van der Waals surface area contributed by atoms with E-state index in [0.717, 1.165) is 0 Å². The van der Waals surface area contributed by atoms with Crippen LogP contribution in [-0.2, 0) is 6.18 Å². The number of nitrogens with one attached hydrogen (secondary N) is 1. The van der Waals surface area contributed by atoms with Crippen LogP contribution < -0.4 is 5.32 Å². The van der Waals surface area contributed by atoms with Crippen LogP contribution in [-0.4, -0.2) is 50.9 Å². The molecule has 0 amide bonds. The number of hydrogen-bond acceptors (Lipinski definition) is 7. The first-order valence-electron chi connectivity index (χ1n) is 4.38. The molecule has 4 N–H and O–H groups in total. The van der Waals surface area contributed by atoms with E-state index in [1.807, 2.05) is 0 Å². The number of aliphatic hydroxyl groups is 3. The summed E-state index contributed by atoms with van der Waals surface area (Å²) in [6, 6.07) is 0. The number of alkyl halides is 3. The van der Waals surface area contributed by atoms with Gasteiger partial charge in [0.1, 0.15) is 5.54 Å². The van der Waals surface area contributed by atoms with Gasteiger partial charge in [-0.1, -0.05) is 11.3 Å². The summed E-state index contributed by atoms with van der Waals surface area (Å²) < 4.78 is 36.6. The average molecular weight is 273 g/mol. The van der Waals surface area contributed by atoms with Crippen LogP contribution in [0.3, 0.4) is 0 Å². The highest BCUT2D eigenvalue weighted by Gasteiger charge is 2.37. The molecule has 0 aliphatic heterocycles. The van der Waals surface area contributed by atoms with Gasteiger partial charge in [0.2, 0.25) is 10.1 Å². The minimum atomic E-state index is -4.60. The lowest BCUT2D eigenvalue weighted by molar-refractivity contribution is -0.138. The molecule has 1 aromatic heterocycles. The summed E-state index contributed by atoms with van der Waals surface area (Å²) >= 11 is 0.221. The van der Waals surface area contributed by atoms with Crippen LogP contribution in [0.25, 0.3) is 0 Å². The molecule has 0 spiro atoms. The molecule has 0 unspecified atom stereocenters.